The Labute approximate surface area is 246 Å². The standard InChI is InChI=1S/C29H46FNP2.3ClH.Mo/c1-26(2,3)32(27(4,5)6)19-24-17-22(21-14-13-15-23(30)16-21)18-25(31-24)20-33(28(7,8)9)29(10,11)12;;;;/h13-18H,19-20H2,1-12H3;3*1H;/q;;;;+3/p-1. The predicted molar refractivity (Wildman–Crippen MR) is 170 cm³/mol. The molecule has 0 amide bonds. The molecular weight excluding hydrogens is 646 g/mol. The van der Waals surface area contributed by atoms with Crippen molar-refractivity contribution in [3.05, 3.63) is 53.6 Å². The van der Waals surface area contributed by atoms with E-state index in [2.05, 4.69) is 95.2 Å². The van der Waals surface area contributed by atoms with Crippen molar-refractivity contribution in [3.8, 4) is 11.1 Å². The molecule has 0 aliphatic heterocycles. The van der Waals surface area contributed by atoms with Crippen LogP contribution in [0.15, 0.2) is 36.4 Å². The van der Waals surface area contributed by atoms with Crippen LogP contribution >= 0.6 is 44.1 Å². The molecule has 2 rings (SSSR count). The Balaban J connectivity index is 0.00000159. The van der Waals surface area contributed by atoms with E-state index in [1.165, 1.54) is 17.5 Å². The number of hydrogen-bond donors (Lipinski definition) is 0. The van der Waals surface area contributed by atoms with E-state index in [1.54, 1.807) is 6.07 Å². The van der Waals surface area contributed by atoms with E-state index in [-0.39, 0.29) is 26.4 Å². The second kappa shape index (κ2) is 14.1. The number of hydrogen-bond acceptors (Lipinski definition) is 1. The van der Waals surface area contributed by atoms with Gasteiger partial charge >= 0.3 is 42.4 Å². The average Bonchev–Trinajstić information content (AvgIpc) is 2.66. The molecule has 0 bridgehead atoms. The molecule has 0 saturated carbocycles. The van der Waals surface area contributed by atoms with Gasteiger partial charge in [-0.2, -0.15) is 0 Å². The Morgan fingerprint density at radius 1 is 0.649 bits per heavy atom. The second-order valence-electron chi connectivity index (χ2n) is 13.8. The molecule has 211 valence electrons. The molecule has 1 aromatic carbocycles. The van der Waals surface area contributed by atoms with Gasteiger partial charge in [0.05, 0.1) is 32.0 Å². The summed E-state index contributed by atoms with van der Waals surface area (Å²) in [5.74, 6) is -0.185. The zero-order valence-corrected chi connectivity index (χ0v) is 31.0. The topological polar surface area (TPSA) is 12.9 Å². The molecule has 0 aliphatic rings. The van der Waals surface area contributed by atoms with Crippen LogP contribution in [0, 0.1) is 5.82 Å². The fourth-order valence-electron chi connectivity index (χ4n) is 5.34. The molecule has 8 heteroatoms. The van der Waals surface area contributed by atoms with Crippen molar-refractivity contribution in [3.63, 3.8) is 0 Å². The quantitative estimate of drug-likeness (QED) is 0.224. The SMILES string of the molecule is CC(C)(C)[PH+](Cc1cc(-c2cccc(F)c2)cc(C[PH+](C(C)(C)C)C(C)(C)C)n1)C(C)(C)C.[Cl][Mo]([Cl])[Cl]. The van der Waals surface area contributed by atoms with E-state index in [9.17, 15) is 4.39 Å². The monoisotopic (exact) mass is 694 g/mol. The van der Waals surface area contributed by atoms with Crippen LogP contribution in [-0.4, -0.2) is 25.6 Å². The third-order valence-corrected chi connectivity index (χ3v) is 15.1. The van der Waals surface area contributed by atoms with Crippen molar-refractivity contribution in [2.75, 3.05) is 0 Å². The molecule has 0 unspecified atom stereocenters. The van der Waals surface area contributed by atoms with Gasteiger partial charge in [0.1, 0.15) is 18.1 Å². The van der Waals surface area contributed by atoms with Crippen molar-refractivity contribution in [2.45, 2.75) is 116 Å². The molecule has 0 atom stereocenters. The zero-order chi connectivity index (χ0) is 29.0. The van der Waals surface area contributed by atoms with Crippen LogP contribution in [-0.2, 0) is 26.5 Å². The maximum atomic E-state index is 14.1. The number of nitrogens with zero attached hydrogens (tertiary/aromatic N) is 1. The third kappa shape index (κ3) is 12.8. The molecule has 0 aliphatic carbocycles. The van der Waals surface area contributed by atoms with Gasteiger partial charge < -0.3 is 0 Å². The summed E-state index contributed by atoms with van der Waals surface area (Å²) in [6.07, 6.45) is 2.06. The molecule has 2 aromatic rings. The molecule has 1 nitrogen and oxygen atoms in total. The van der Waals surface area contributed by atoms with Crippen molar-refractivity contribution < 1.29 is 18.6 Å². The minimum absolute atomic E-state index is 0.185. The Morgan fingerprint density at radius 3 is 1.30 bits per heavy atom. The summed E-state index contributed by atoms with van der Waals surface area (Å²) in [7, 11) is 13.4. The average molecular weight is 694 g/mol. The first kappa shape index (κ1) is 35.7. The first-order valence-corrected chi connectivity index (χ1v) is 23.9. The van der Waals surface area contributed by atoms with Gasteiger partial charge in [-0.15, -0.1) is 0 Å². The summed E-state index contributed by atoms with van der Waals surface area (Å²) in [4.78, 5) is 5.27. The summed E-state index contributed by atoms with van der Waals surface area (Å²) < 4.78 is 14.1. The van der Waals surface area contributed by atoms with Gasteiger partial charge in [-0.25, -0.2) is 4.39 Å². The molecule has 0 radical (unpaired) electrons. The van der Waals surface area contributed by atoms with Crippen LogP contribution in [0.25, 0.3) is 11.1 Å². The van der Waals surface area contributed by atoms with Crippen molar-refractivity contribution >= 4 is 44.1 Å². The number of aromatic nitrogens is 1. The van der Waals surface area contributed by atoms with Gasteiger partial charge in [-0.05, 0) is 118 Å². The predicted octanol–water partition coefficient (Wildman–Crippen LogP) is 11.6. The van der Waals surface area contributed by atoms with Crippen LogP contribution in [0.2, 0.25) is 0 Å². The molecular formula is C29H48Cl3FMoNP2+2. The van der Waals surface area contributed by atoms with Crippen LogP contribution < -0.4 is 0 Å². The summed E-state index contributed by atoms with van der Waals surface area (Å²) in [6.45, 7) is 28.5. The van der Waals surface area contributed by atoms with Crippen molar-refractivity contribution in [1.29, 1.82) is 0 Å². The minimum atomic E-state index is -1.94. The van der Waals surface area contributed by atoms with Crippen LogP contribution in [0.5, 0.6) is 0 Å². The molecule has 1 heterocycles. The van der Waals surface area contributed by atoms with Crippen LogP contribution in [0.3, 0.4) is 0 Å². The third-order valence-electron chi connectivity index (χ3n) is 6.43. The van der Waals surface area contributed by atoms with E-state index in [4.69, 9.17) is 33.2 Å². The Kier molecular flexibility index (Phi) is 13.6. The van der Waals surface area contributed by atoms with Crippen molar-refractivity contribution in [1.82, 2.24) is 4.98 Å². The number of halogens is 4. The van der Waals surface area contributed by atoms with Gasteiger partial charge in [-0.3, -0.25) is 4.98 Å². The Morgan fingerprint density at radius 2 is 1.00 bits per heavy atom. The Bertz CT molecular complexity index is 923. The Hall–Kier alpha value is 0.718. The maximum absolute atomic E-state index is 14.1. The van der Waals surface area contributed by atoms with E-state index < -0.39 is 30.0 Å². The number of rotatable bonds is 5. The van der Waals surface area contributed by atoms with E-state index in [0.717, 1.165) is 23.5 Å². The first-order valence-electron chi connectivity index (χ1n) is 12.7. The fourth-order valence-corrected chi connectivity index (χ4v) is 13.0. The molecule has 0 fully saturated rings. The zero-order valence-electron chi connectivity index (χ0n) is 24.7. The number of benzene rings is 1. The van der Waals surface area contributed by atoms with E-state index in [1.807, 2.05) is 12.1 Å². The molecule has 0 saturated heterocycles. The van der Waals surface area contributed by atoms with Gasteiger partial charge in [0.25, 0.3) is 0 Å². The molecule has 37 heavy (non-hydrogen) atoms. The summed E-state index contributed by atoms with van der Waals surface area (Å²) in [6, 6.07) is 11.4. The van der Waals surface area contributed by atoms with E-state index in [0.29, 0.717) is 0 Å². The summed E-state index contributed by atoms with van der Waals surface area (Å²) in [5.41, 5.74) is 4.40. The summed E-state index contributed by atoms with van der Waals surface area (Å²) in [5, 5.41) is 1.08. The van der Waals surface area contributed by atoms with Crippen LogP contribution in [0.1, 0.15) is 94.5 Å². The van der Waals surface area contributed by atoms with Crippen LogP contribution in [0.4, 0.5) is 4.39 Å². The summed E-state index contributed by atoms with van der Waals surface area (Å²) >= 11 is -1.94. The molecule has 0 N–H and O–H groups in total. The normalized spacial score (nSPS) is 13.3. The van der Waals surface area contributed by atoms with Gasteiger partial charge in [0.2, 0.25) is 0 Å². The van der Waals surface area contributed by atoms with E-state index >= 15 is 0 Å². The molecule has 1 aromatic heterocycles. The number of pyridine rings is 1. The van der Waals surface area contributed by atoms with Gasteiger partial charge in [0, 0.05) is 15.8 Å². The first-order chi connectivity index (χ1) is 16.5. The molecule has 0 spiro atoms. The fraction of sp³-hybridized carbons (Fsp3) is 0.621. The van der Waals surface area contributed by atoms with Gasteiger partial charge in [-0.1, -0.05) is 12.1 Å². The van der Waals surface area contributed by atoms with Gasteiger partial charge in [0.15, 0.2) is 0 Å². The van der Waals surface area contributed by atoms with Crippen molar-refractivity contribution in [2.24, 2.45) is 0 Å². The second-order valence-corrected chi connectivity index (χ2v) is 31.6.